The largest absolute Gasteiger partial charge is 0.493 e. The summed E-state index contributed by atoms with van der Waals surface area (Å²) in [6.07, 6.45) is 8.91. The summed E-state index contributed by atoms with van der Waals surface area (Å²) in [5.74, 6) is 0.980. The molecule has 1 aliphatic heterocycles. The van der Waals surface area contributed by atoms with Gasteiger partial charge in [-0.1, -0.05) is 88.7 Å². The maximum Gasteiger partial charge on any atom is 0.333 e. The first-order chi connectivity index (χ1) is 26.1. The van der Waals surface area contributed by atoms with Crippen molar-refractivity contribution in [3.05, 3.63) is 107 Å². The monoisotopic (exact) mass is 742 g/mol. The number of hydrogen-bond donors (Lipinski definition) is 2. The Labute approximate surface area is 323 Å². The highest BCUT2D eigenvalue weighted by molar-refractivity contribution is 5.86. The summed E-state index contributed by atoms with van der Waals surface area (Å²) in [7, 11) is 0. The number of carbonyl (C=O) groups excluding carboxylic acids is 1. The highest BCUT2D eigenvalue weighted by atomic mass is 16.8. The number of aliphatic hydroxyl groups is 2. The van der Waals surface area contributed by atoms with Crippen LogP contribution < -0.4 is 9.47 Å². The molecule has 1 fully saturated rings. The highest BCUT2D eigenvalue weighted by Gasteiger charge is 2.40. The van der Waals surface area contributed by atoms with E-state index < -0.39 is 11.4 Å². The van der Waals surface area contributed by atoms with Crippen molar-refractivity contribution in [2.45, 2.75) is 104 Å². The summed E-state index contributed by atoms with van der Waals surface area (Å²) in [6, 6.07) is 21.4. The summed E-state index contributed by atoms with van der Waals surface area (Å²) in [5.41, 5.74) is 7.35. The van der Waals surface area contributed by atoms with Crippen molar-refractivity contribution in [3.8, 4) is 22.6 Å². The number of rotatable bonds is 26. The van der Waals surface area contributed by atoms with Crippen LogP contribution in [0.5, 0.6) is 11.5 Å². The fourth-order valence-corrected chi connectivity index (χ4v) is 6.57. The van der Waals surface area contributed by atoms with Crippen LogP contribution in [0.3, 0.4) is 0 Å². The van der Waals surface area contributed by atoms with E-state index >= 15 is 0 Å². The van der Waals surface area contributed by atoms with Gasteiger partial charge in [-0.15, -0.1) is 0 Å². The number of aliphatic hydroxyl groups excluding tert-OH is 2. The van der Waals surface area contributed by atoms with E-state index in [1.807, 2.05) is 26.0 Å². The first kappa shape index (κ1) is 42.8. The molecule has 0 radical (unpaired) electrons. The van der Waals surface area contributed by atoms with Crippen LogP contribution in [0.25, 0.3) is 11.1 Å². The van der Waals surface area contributed by atoms with Crippen molar-refractivity contribution in [2.75, 3.05) is 39.6 Å². The molecule has 0 aliphatic carbocycles. The number of unbranched alkanes of at least 4 members (excludes halogenated alkanes) is 2. The Kier molecular flexibility index (Phi) is 17.3. The first-order valence-electron chi connectivity index (χ1n) is 19.7. The van der Waals surface area contributed by atoms with Gasteiger partial charge in [0.2, 0.25) is 0 Å². The van der Waals surface area contributed by atoms with Crippen molar-refractivity contribution in [3.63, 3.8) is 0 Å². The van der Waals surface area contributed by atoms with Crippen molar-refractivity contribution in [1.29, 1.82) is 0 Å². The number of ether oxygens (including phenoxy) is 5. The van der Waals surface area contributed by atoms with E-state index in [9.17, 15) is 15.0 Å². The summed E-state index contributed by atoms with van der Waals surface area (Å²) in [5, 5.41) is 20.1. The Morgan fingerprint density at radius 3 is 2.07 bits per heavy atom. The molecule has 0 spiro atoms. The van der Waals surface area contributed by atoms with Gasteiger partial charge >= 0.3 is 5.97 Å². The Hall–Kier alpha value is -3.95. The van der Waals surface area contributed by atoms with Gasteiger partial charge in [0.05, 0.1) is 26.4 Å². The molecule has 0 aromatic heterocycles. The third-order valence-corrected chi connectivity index (χ3v) is 10.1. The van der Waals surface area contributed by atoms with Crippen molar-refractivity contribution in [1.82, 2.24) is 0 Å². The molecule has 3 aromatic carbocycles. The number of aryl methyl sites for hydroxylation is 3. The molecule has 4 rings (SSSR count). The average Bonchev–Trinajstić information content (AvgIpc) is 3.96. The molecular formula is C46H62O8. The lowest BCUT2D eigenvalue weighted by atomic mass is 9.82. The topological polar surface area (TPSA) is 107 Å². The number of hydrogen-bond acceptors (Lipinski definition) is 8. The van der Waals surface area contributed by atoms with Crippen molar-refractivity contribution >= 4 is 5.97 Å². The van der Waals surface area contributed by atoms with Crippen LogP contribution >= 0.6 is 0 Å². The van der Waals surface area contributed by atoms with Gasteiger partial charge in [-0.3, -0.25) is 0 Å². The van der Waals surface area contributed by atoms with Gasteiger partial charge < -0.3 is 33.9 Å². The third kappa shape index (κ3) is 13.1. The third-order valence-electron chi connectivity index (χ3n) is 10.1. The quantitative estimate of drug-likeness (QED) is 0.0277. The van der Waals surface area contributed by atoms with Gasteiger partial charge in [0.25, 0.3) is 0 Å². The molecule has 2 atom stereocenters. The van der Waals surface area contributed by atoms with Gasteiger partial charge in [-0.25, -0.2) is 4.79 Å². The molecule has 294 valence electrons. The van der Waals surface area contributed by atoms with Gasteiger partial charge in [0.1, 0.15) is 30.8 Å². The lowest BCUT2D eigenvalue weighted by Crippen LogP contribution is -2.31. The second-order valence-electron chi connectivity index (χ2n) is 14.7. The number of esters is 1. The van der Waals surface area contributed by atoms with Gasteiger partial charge in [0.15, 0.2) is 6.29 Å². The lowest BCUT2D eigenvalue weighted by Gasteiger charge is -2.29. The minimum atomic E-state index is -0.580. The second kappa shape index (κ2) is 21.8. The predicted octanol–water partition coefficient (Wildman–Crippen LogP) is 8.77. The first-order valence-corrected chi connectivity index (χ1v) is 19.7. The van der Waals surface area contributed by atoms with Crippen LogP contribution in [-0.4, -0.2) is 68.2 Å². The molecule has 0 bridgehead atoms. The highest BCUT2D eigenvalue weighted by Crippen LogP contribution is 2.36. The Balaban J connectivity index is 1.55. The van der Waals surface area contributed by atoms with Crippen molar-refractivity contribution < 1.29 is 38.7 Å². The van der Waals surface area contributed by atoms with E-state index in [4.69, 9.17) is 23.7 Å². The molecule has 2 N–H and O–H groups in total. The predicted molar refractivity (Wildman–Crippen MR) is 215 cm³/mol. The van der Waals surface area contributed by atoms with Gasteiger partial charge in [-0.2, -0.15) is 0 Å². The Morgan fingerprint density at radius 1 is 0.741 bits per heavy atom. The molecule has 1 saturated heterocycles. The minimum absolute atomic E-state index is 0.0708. The minimum Gasteiger partial charge on any atom is -0.493 e. The SMILES string of the molecule is C=C(C)C(=O)OCCOc1cc(CCc2ccc(CCCCC)cc2)ccc1-c1ccc(OCCC(CO)(CO)CCC)c(CCOC2OC2C(=C)C)c1. The molecule has 8 nitrogen and oxygen atoms in total. The van der Waals surface area contributed by atoms with Crippen LogP contribution in [0.4, 0.5) is 0 Å². The van der Waals surface area contributed by atoms with Crippen LogP contribution in [0, 0.1) is 5.41 Å². The van der Waals surface area contributed by atoms with Crippen LogP contribution in [0.15, 0.2) is 85.0 Å². The van der Waals surface area contributed by atoms with Crippen LogP contribution in [0.2, 0.25) is 0 Å². The fraction of sp³-hybridized carbons (Fsp3) is 0.500. The summed E-state index contributed by atoms with van der Waals surface area (Å²) >= 11 is 0. The molecule has 0 saturated carbocycles. The lowest BCUT2D eigenvalue weighted by molar-refractivity contribution is -0.139. The molecule has 54 heavy (non-hydrogen) atoms. The van der Waals surface area contributed by atoms with E-state index in [0.717, 1.165) is 59.3 Å². The molecule has 0 amide bonds. The van der Waals surface area contributed by atoms with Gasteiger partial charge in [0, 0.05) is 16.6 Å². The molecule has 3 aromatic rings. The molecule has 2 unspecified atom stereocenters. The van der Waals surface area contributed by atoms with Crippen LogP contribution in [0.1, 0.15) is 88.5 Å². The normalized spacial score (nSPS) is 15.1. The Bertz CT molecular complexity index is 1640. The summed E-state index contributed by atoms with van der Waals surface area (Å²) in [4.78, 5) is 12.0. The van der Waals surface area contributed by atoms with E-state index in [-0.39, 0.29) is 38.8 Å². The number of carbonyl (C=O) groups is 1. The number of epoxide rings is 1. The van der Waals surface area contributed by atoms with E-state index in [2.05, 4.69) is 68.6 Å². The second-order valence-corrected chi connectivity index (χ2v) is 14.7. The molecule has 8 heteroatoms. The summed E-state index contributed by atoms with van der Waals surface area (Å²) in [6.45, 7) is 16.4. The average molecular weight is 743 g/mol. The standard InChI is InChI=1S/C46H62O8/c1-7-9-10-11-35-12-14-36(15-13-35)16-17-37-18-20-40(42(29-37)51-27-28-52-44(49)34(5)6)38-19-21-41(50-26-24-46(31-47,32-48)23-8-2)39(30-38)22-25-53-45-43(54-45)33(3)4/h12-15,18-21,29-30,43,45,47-48H,3,5,7-11,16-17,22-28,31-32H2,1-2,4,6H3. The maximum atomic E-state index is 12.0. The van der Waals surface area contributed by atoms with E-state index in [0.29, 0.717) is 43.8 Å². The zero-order chi connectivity index (χ0) is 38.9. The zero-order valence-electron chi connectivity index (χ0n) is 33.0. The smallest absolute Gasteiger partial charge is 0.333 e. The van der Waals surface area contributed by atoms with Crippen LogP contribution in [-0.2, 0) is 44.7 Å². The van der Waals surface area contributed by atoms with Gasteiger partial charge in [-0.05, 0) is 110 Å². The maximum absolute atomic E-state index is 12.0. The van der Waals surface area contributed by atoms with E-state index in [1.165, 1.54) is 30.4 Å². The Morgan fingerprint density at radius 2 is 1.43 bits per heavy atom. The summed E-state index contributed by atoms with van der Waals surface area (Å²) < 4.78 is 29.6. The number of benzene rings is 3. The van der Waals surface area contributed by atoms with Crippen molar-refractivity contribution in [2.24, 2.45) is 5.41 Å². The van der Waals surface area contributed by atoms with E-state index in [1.54, 1.807) is 6.92 Å². The molecule has 1 aliphatic rings. The molecule has 1 heterocycles. The molecular weight excluding hydrogens is 680 g/mol. The zero-order valence-corrected chi connectivity index (χ0v) is 33.0. The fourth-order valence-electron chi connectivity index (χ4n) is 6.57.